The summed E-state index contributed by atoms with van der Waals surface area (Å²) in [5.41, 5.74) is 4.93. The van der Waals surface area contributed by atoms with Gasteiger partial charge >= 0.3 is 0 Å². The van der Waals surface area contributed by atoms with Crippen LogP contribution in [0.5, 0.6) is 0 Å². The molecule has 166 valence electrons. The van der Waals surface area contributed by atoms with Crippen LogP contribution in [0.2, 0.25) is 0 Å². The van der Waals surface area contributed by atoms with Gasteiger partial charge in [-0.15, -0.1) is 0 Å². The van der Waals surface area contributed by atoms with Crippen LogP contribution in [0.25, 0.3) is 0 Å². The van der Waals surface area contributed by atoms with Crippen molar-refractivity contribution in [2.75, 3.05) is 0 Å². The van der Waals surface area contributed by atoms with E-state index in [1.165, 1.54) is 87.5 Å². The first-order valence-corrected chi connectivity index (χ1v) is 12.6. The standard InChI is InChI=1S/C29H40N2/c1-3-5-8-12-25-15-17-26(18-16-25)23-30-31-29(27-13-9-7-10-14-27)28-21-19-24(20-22-28)11-6-4-2/h7,9-10,13-18,23-24,28H,3-6,8,11-12,19-22H2,1-2H3. The smallest absolute Gasteiger partial charge is 0.0733 e. The van der Waals surface area contributed by atoms with Crippen molar-refractivity contribution >= 4 is 11.9 Å². The lowest BCUT2D eigenvalue weighted by atomic mass is 9.76. The zero-order valence-electron chi connectivity index (χ0n) is 19.6. The van der Waals surface area contributed by atoms with Gasteiger partial charge in [-0.05, 0) is 61.1 Å². The molecular formula is C29H40N2. The molecule has 0 N–H and O–H groups in total. The Labute approximate surface area is 189 Å². The van der Waals surface area contributed by atoms with Crippen LogP contribution in [0, 0.1) is 11.8 Å². The van der Waals surface area contributed by atoms with Gasteiger partial charge in [0.15, 0.2) is 0 Å². The van der Waals surface area contributed by atoms with E-state index in [-0.39, 0.29) is 0 Å². The van der Waals surface area contributed by atoms with E-state index in [1.54, 1.807) is 0 Å². The Morgan fingerprint density at radius 3 is 2.23 bits per heavy atom. The summed E-state index contributed by atoms with van der Waals surface area (Å²) in [6.45, 7) is 4.55. The monoisotopic (exact) mass is 416 g/mol. The first kappa shape index (κ1) is 23.4. The average molecular weight is 417 g/mol. The number of aryl methyl sites for hydroxylation is 1. The minimum absolute atomic E-state index is 0.526. The first-order valence-electron chi connectivity index (χ1n) is 12.6. The molecule has 0 bridgehead atoms. The third-order valence-electron chi connectivity index (χ3n) is 6.69. The Bertz CT molecular complexity index is 796. The summed E-state index contributed by atoms with van der Waals surface area (Å²) < 4.78 is 0. The molecule has 2 heteroatoms. The molecule has 2 aromatic carbocycles. The lowest BCUT2D eigenvalue weighted by Gasteiger charge is -2.29. The second-order valence-electron chi connectivity index (χ2n) is 9.15. The molecule has 0 saturated heterocycles. The number of benzene rings is 2. The van der Waals surface area contributed by atoms with E-state index in [9.17, 15) is 0 Å². The highest BCUT2D eigenvalue weighted by atomic mass is 15.2. The van der Waals surface area contributed by atoms with E-state index >= 15 is 0 Å². The molecule has 31 heavy (non-hydrogen) atoms. The molecule has 0 aliphatic heterocycles. The summed E-state index contributed by atoms with van der Waals surface area (Å²) in [7, 11) is 0. The summed E-state index contributed by atoms with van der Waals surface area (Å²) in [5, 5.41) is 9.30. The molecule has 1 aliphatic carbocycles. The highest BCUT2D eigenvalue weighted by molar-refractivity contribution is 6.02. The fourth-order valence-electron chi connectivity index (χ4n) is 4.71. The number of unbranched alkanes of at least 4 members (excludes halogenated alkanes) is 3. The van der Waals surface area contributed by atoms with Gasteiger partial charge < -0.3 is 0 Å². The fraction of sp³-hybridized carbons (Fsp3) is 0.517. The highest BCUT2D eigenvalue weighted by Crippen LogP contribution is 2.34. The normalized spacial score (nSPS) is 19.7. The van der Waals surface area contributed by atoms with Crippen molar-refractivity contribution in [1.82, 2.24) is 0 Å². The third-order valence-corrected chi connectivity index (χ3v) is 6.69. The lowest BCUT2D eigenvalue weighted by molar-refractivity contribution is 0.301. The van der Waals surface area contributed by atoms with Crippen LogP contribution < -0.4 is 0 Å². The van der Waals surface area contributed by atoms with Crippen molar-refractivity contribution in [2.24, 2.45) is 22.0 Å². The van der Waals surface area contributed by atoms with Crippen molar-refractivity contribution in [1.29, 1.82) is 0 Å². The summed E-state index contributed by atoms with van der Waals surface area (Å²) in [4.78, 5) is 0. The maximum atomic E-state index is 4.77. The van der Waals surface area contributed by atoms with Crippen LogP contribution in [0.4, 0.5) is 0 Å². The van der Waals surface area contributed by atoms with Crippen LogP contribution in [0.3, 0.4) is 0 Å². The minimum atomic E-state index is 0.526. The van der Waals surface area contributed by atoms with Gasteiger partial charge in [0.1, 0.15) is 0 Å². The predicted molar refractivity (Wildman–Crippen MR) is 135 cm³/mol. The van der Waals surface area contributed by atoms with Crippen LogP contribution in [-0.2, 0) is 6.42 Å². The molecule has 3 rings (SSSR count). The Hall–Kier alpha value is -2.22. The van der Waals surface area contributed by atoms with Crippen molar-refractivity contribution in [3.05, 3.63) is 71.3 Å². The Balaban J connectivity index is 1.66. The maximum absolute atomic E-state index is 4.77. The second-order valence-corrected chi connectivity index (χ2v) is 9.15. The van der Waals surface area contributed by atoms with Gasteiger partial charge in [0, 0.05) is 5.92 Å². The molecule has 0 heterocycles. The van der Waals surface area contributed by atoms with Gasteiger partial charge in [-0.2, -0.15) is 10.2 Å². The SMILES string of the molecule is CCCCCc1ccc(C=NN=C(c2ccccc2)C2CCC(CCCC)CC2)cc1. The topological polar surface area (TPSA) is 24.7 Å². The number of hydrogen-bond donors (Lipinski definition) is 0. The molecule has 1 saturated carbocycles. The number of hydrogen-bond acceptors (Lipinski definition) is 2. The molecule has 0 amide bonds. The van der Waals surface area contributed by atoms with Gasteiger partial charge in [0.25, 0.3) is 0 Å². The molecule has 2 nitrogen and oxygen atoms in total. The summed E-state index contributed by atoms with van der Waals surface area (Å²) in [5.74, 6) is 1.44. The summed E-state index contributed by atoms with van der Waals surface area (Å²) in [6.07, 6.45) is 16.2. The van der Waals surface area contributed by atoms with Crippen LogP contribution in [0.1, 0.15) is 94.7 Å². The van der Waals surface area contributed by atoms with Crippen LogP contribution in [-0.4, -0.2) is 11.9 Å². The maximum Gasteiger partial charge on any atom is 0.0733 e. The van der Waals surface area contributed by atoms with Gasteiger partial charge in [-0.3, -0.25) is 0 Å². The summed E-state index contributed by atoms with van der Waals surface area (Å²) in [6, 6.07) is 19.5. The third kappa shape index (κ3) is 7.76. The fourth-order valence-corrected chi connectivity index (χ4v) is 4.71. The number of nitrogens with zero attached hydrogens (tertiary/aromatic N) is 2. The zero-order valence-corrected chi connectivity index (χ0v) is 19.6. The first-order chi connectivity index (χ1) is 15.3. The van der Waals surface area contributed by atoms with Gasteiger partial charge in [-0.25, -0.2) is 0 Å². The molecule has 1 fully saturated rings. The van der Waals surface area contributed by atoms with Gasteiger partial charge in [0.05, 0.1) is 11.9 Å². The Kier molecular flexibility index (Phi) is 10.0. The van der Waals surface area contributed by atoms with E-state index in [4.69, 9.17) is 5.10 Å². The predicted octanol–water partition coefficient (Wildman–Crippen LogP) is 8.24. The molecular weight excluding hydrogens is 376 g/mol. The minimum Gasteiger partial charge on any atom is -0.158 e. The quantitative estimate of drug-likeness (QED) is 0.200. The molecule has 0 atom stereocenters. The largest absolute Gasteiger partial charge is 0.158 e. The van der Waals surface area contributed by atoms with Gasteiger partial charge in [0.2, 0.25) is 0 Å². The van der Waals surface area contributed by atoms with Crippen molar-refractivity contribution in [3.8, 4) is 0 Å². The molecule has 0 aromatic heterocycles. The highest BCUT2D eigenvalue weighted by Gasteiger charge is 2.25. The van der Waals surface area contributed by atoms with Crippen LogP contribution >= 0.6 is 0 Å². The second kappa shape index (κ2) is 13.2. The van der Waals surface area contributed by atoms with E-state index < -0.39 is 0 Å². The number of rotatable bonds is 11. The molecule has 2 aromatic rings. The molecule has 1 aliphatic rings. The van der Waals surface area contributed by atoms with E-state index in [0.717, 1.165) is 11.5 Å². The van der Waals surface area contributed by atoms with E-state index in [2.05, 4.69) is 73.5 Å². The summed E-state index contributed by atoms with van der Waals surface area (Å²) >= 11 is 0. The molecule has 0 spiro atoms. The van der Waals surface area contributed by atoms with E-state index in [0.29, 0.717) is 5.92 Å². The van der Waals surface area contributed by atoms with Crippen LogP contribution in [0.15, 0.2) is 64.8 Å². The Morgan fingerprint density at radius 1 is 0.839 bits per heavy atom. The molecule has 0 unspecified atom stereocenters. The molecule has 0 radical (unpaired) electrons. The van der Waals surface area contributed by atoms with Crippen molar-refractivity contribution in [3.63, 3.8) is 0 Å². The van der Waals surface area contributed by atoms with E-state index in [1.807, 2.05) is 6.21 Å². The Morgan fingerprint density at radius 2 is 1.55 bits per heavy atom. The van der Waals surface area contributed by atoms with Crippen molar-refractivity contribution in [2.45, 2.75) is 84.5 Å². The zero-order chi connectivity index (χ0) is 21.7. The van der Waals surface area contributed by atoms with Crippen molar-refractivity contribution < 1.29 is 0 Å². The average Bonchev–Trinajstić information content (AvgIpc) is 2.83. The van der Waals surface area contributed by atoms with Gasteiger partial charge in [-0.1, -0.05) is 101 Å². The lowest BCUT2D eigenvalue weighted by Crippen LogP contribution is -2.22.